The summed E-state index contributed by atoms with van der Waals surface area (Å²) in [6.45, 7) is 6.49. The third-order valence-corrected chi connectivity index (χ3v) is 4.53. The minimum atomic E-state index is -0.700. The molecule has 0 bridgehead atoms. The van der Waals surface area contributed by atoms with E-state index in [1.807, 2.05) is 56.3 Å². The molecule has 2 rings (SSSR count). The Morgan fingerprint density at radius 1 is 1.26 bits per heavy atom. The Kier molecular flexibility index (Phi) is 7.68. The normalized spacial score (nSPS) is 11.4. The van der Waals surface area contributed by atoms with Gasteiger partial charge in [0.2, 0.25) is 0 Å². The molecule has 1 unspecified atom stereocenters. The van der Waals surface area contributed by atoms with Crippen LogP contribution in [-0.4, -0.2) is 25.2 Å². The second kappa shape index (κ2) is 9.98. The lowest BCUT2D eigenvalue weighted by Gasteiger charge is -2.26. The summed E-state index contributed by atoms with van der Waals surface area (Å²) in [6.07, 6.45) is -0.464. The second-order valence-corrected chi connectivity index (χ2v) is 6.87. The average molecular weight is 431 g/mol. The molecule has 0 spiro atoms. The van der Waals surface area contributed by atoms with E-state index in [0.717, 1.165) is 15.8 Å². The zero-order valence-electron chi connectivity index (χ0n) is 15.7. The van der Waals surface area contributed by atoms with Crippen molar-refractivity contribution >= 4 is 27.5 Å². The number of carbonyl (C=O) groups is 1. The van der Waals surface area contributed by atoms with Crippen molar-refractivity contribution in [1.29, 1.82) is 5.26 Å². The van der Waals surface area contributed by atoms with Crippen molar-refractivity contribution in [2.24, 2.45) is 0 Å². The predicted molar refractivity (Wildman–Crippen MR) is 109 cm³/mol. The first-order valence-electron chi connectivity index (χ1n) is 8.80. The molecule has 0 saturated heterocycles. The summed E-state index contributed by atoms with van der Waals surface area (Å²) in [4.78, 5) is 14.6. The Morgan fingerprint density at radius 3 is 2.56 bits per heavy atom. The highest BCUT2D eigenvalue weighted by atomic mass is 79.9. The lowest BCUT2D eigenvalue weighted by Crippen LogP contribution is -2.41. The van der Waals surface area contributed by atoms with Gasteiger partial charge in [0.15, 0.2) is 6.10 Å². The minimum absolute atomic E-state index is 0.207. The Morgan fingerprint density at radius 2 is 1.96 bits per heavy atom. The number of rotatable bonds is 8. The fourth-order valence-electron chi connectivity index (χ4n) is 2.58. The summed E-state index contributed by atoms with van der Waals surface area (Å²) in [6, 6.07) is 15.0. The van der Waals surface area contributed by atoms with Crippen molar-refractivity contribution in [3.8, 4) is 17.6 Å². The second-order valence-electron chi connectivity index (χ2n) is 6.02. The highest BCUT2D eigenvalue weighted by Crippen LogP contribution is 2.28. The van der Waals surface area contributed by atoms with Crippen LogP contribution in [-0.2, 0) is 4.79 Å². The zero-order chi connectivity index (χ0) is 19.8. The summed E-state index contributed by atoms with van der Waals surface area (Å²) in [5.41, 5.74) is 1.80. The Bertz CT molecular complexity index is 815. The number of hydrogen-bond donors (Lipinski definition) is 0. The summed E-state index contributed by atoms with van der Waals surface area (Å²) in [5.74, 6) is 1.14. The minimum Gasteiger partial charge on any atom is -0.494 e. The summed E-state index contributed by atoms with van der Waals surface area (Å²) in [7, 11) is 0. The van der Waals surface area contributed by atoms with Gasteiger partial charge in [-0.05, 0) is 78.7 Å². The SMILES string of the molecule is CCOc1ccc(N(CCC#N)C(=O)C(C)Oc2ccc(C)cc2Br)cc1. The maximum atomic E-state index is 13.0. The molecular weight excluding hydrogens is 408 g/mol. The Balaban J connectivity index is 2.18. The molecule has 0 radical (unpaired) electrons. The fourth-order valence-corrected chi connectivity index (χ4v) is 3.17. The number of amides is 1. The highest BCUT2D eigenvalue weighted by Gasteiger charge is 2.24. The molecule has 0 aliphatic rings. The monoisotopic (exact) mass is 430 g/mol. The van der Waals surface area contributed by atoms with E-state index in [0.29, 0.717) is 24.6 Å². The largest absolute Gasteiger partial charge is 0.494 e. The lowest BCUT2D eigenvalue weighted by molar-refractivity contribution is -0.124. The number of anilines is 1. The maximum absolute atomic E-state index is 13.0. The molecule has 2 aromatic carbocycles. The summed E-state index contributed by atoms with van der Waals surface area (Å²) < 4.78 is 12.1. The van der Waals surface area contributed by atoms with Gasteiger partial charge in [-0.2, -0.15) is 5.26 Å². The third kappa shape index (κ3) is 5.73. The van der Waals surface area contributed by atoms with Gasteiger partial charge in [-0.25, -0.2) is 0 Å². The molecule has 0 aliphatic carbocycles. The van der Waals surface area contributed by atoms with Crippen LogP contribution < -0.4 is 14.4 Å². The van der Waals surface area contributed by atoms with Crippen LogP contribution in [0.3, 0.4) is 0 Å². The van der Waals surface area contributed by atoms with Gasteiger partial charge in [0.1, 0.15) is 11.5 Å². The van der Waals surface area contributed by atoms with Crippen LogP contribution in [0.25, 0.3) is 0 Å². The number of nitriles is 1. The van der Waals surface area contributed by atoms with Crippen LogP contribution in [0.5, 0.6) is 11.5 Å². The quantitative estimate of drug-likeness (QED) is 0.598. The van der Waals surface area contributed by atoms with Gasteiger partial charge >= 0.3 is 0 Å². The maximum Gasteiger partial charge on any atom is 0.267 e. The number of hydrogen-bond acceptors (Lipinski definition) is 4. The van der Waals surface area contributed by atoms with Gasteiger partial charge in [-0.3, -0.25) is 4.79 Å². The number of benzene rings is 2. The van der Waals surface area contributed by atoms with Crippen LogP contribution in [0, 0.1) is 18.3 Å². The number of ether oxygens (including phenoxy) is 2. The van der Waals surface area contributed by atoms with Crippen molar-refractivity contribution in [1.82, 2.24) is 0 Å². The first-order chi connectivity index (χ1) is 13.0. The van der Waals surface area contributed by atoms with Gasteiger partial charge in [-0.1, -0.05) is 6.07 Å². The van der Waals surface area contributed by atoms with Gasteiger partial charge in [0.25, 0.3) is 5.91 Å². The van der Waals surface area contributed by atoms with E-state index in [9.17, 15) is 4.79 Å². The van der Waals surface area contributed by atoms with Gasteiger partial charge < -0.3 is 14.4 Å². The number of carbonyl (C=O) groups excluding carboxylic acids is 1. The van der Waals surface area contributed by atoms with E-state index >= 15 is 0 Å². The first-order valence-corrected chi connectivity index (χ1v) is 9.59. The van der Waals surface area contributed by atoms with E-state index in [2.05, 4.69) is 22.0 Å². The third-order valence-electron chi connectivity index (χ3n) is 3.91. The molecule has 0 fully saturated rings. The standard InChI is InChI=1S/C21H23BrN2O3/c1-4-26-18-9-7-17(8-10-18)24(13-5-12-23)21(25)16(3)27-20-11-6-15(2)14-19(20)22/h6-11,14,16H,4-5,13H2,1-3H3. The van der Waals surface area contributed by atoms with Crippen molar-refractivity contribution < 1.29 is 14.3 Å². The van der Waals surface area contributed by atoms with E-state index < -0.39 is 6.10 Å². The number of halogens is 1. The molecule has 6 heteroatoms. The van der Waals surface area contributed by atoms with Crippen LogP contribution in [0.15, 0.2) is 46.9 Å². The fraction of sp³-hybridized carbons (Fsp3) is 0.333. The van der Waals surface area contributed by atoms with E-state index in [4.69, 9.17) is 14.7 Å². The van der Waals surface area contributed by atoms with Crippen LogP contribution >= 0.6 is 15.9 Å². The van der Waals surface area contributed by atoms with Crippen molar-refractivity contribution in [2.75, 3.05) is 18.1 Å². The van der Waals surface area contributed by atoms with Crippen LogP contribution in [0.4, 0.5) is 5.69 Å². The Labute approximate surface area is 168 Å². The van der Waals surface area contributed by atoms with Crippen molar-refractivity contribution in [2.45, 2.75) is 33.3 Å². The number of aryl methyl sites for hydroxylation is 1. The van der Waals surface area contributed by atoms with E-state index in [1.165, 1.54) is 0 Å². The molecule has 5 nitrogen and oxygen atoms in total. The summed E-state index contributed by atoms with van der Waals surface area (Å²) >= 11 is 3.46. The smallest absolute Gasteiger partial charge is 0.267 e. The van der Waals surface area contributed by atoms with Crippen molar-refractivity contribution in [3.63, 3.8) is 0 Å². The molecular formula is C21H23BrN2O3. The molecule has 0 saturated carbocycles. The number of nitrogens with zero attached hydrogens (tertiary/aromatic N) is 2. The first kappa shape index (κ1) is 20.8. The molecule has 142 valence electrons. The zero-order valence-corrected chi connectivity index (χ0v) is 17.3. The molecule has 2 aromatic rings. The predicted octanol–water partition coefficient (Wildman–Crippen LogP) is 4.87. The van der Waals surface area contributed by atoms with E-state index in [1.54, 1.807) is 11.8 Å². The van der Waals surface area contributed by atoms with Gasteiger partial charge in [0.05, 0.1) is 23.6 Å². The highest BCUT2D eigenvalue weighted by molar-refractivity contribution is 9.10. The topological polar surface area (TPSA) is 62.6 Å². The van der Waals surface area contributed by atoms with E-state index in [-0.39, 0.29) is 12.3 Å². The van der Waals surface area contributed by atoms with Gasteiger partial charge in [0, 0.05) is 12.2 Å². The average Bonchev–Trinajstić information content (AvgIpc) is 2.65. The molecule has 0 heterocycles. The van der Waals surface area contributed by atoms with Crippen LogP contribution in [0.1, 0.15) is 25.8 Å². The van der Waals surface area contributed by atoms with Gasteiger partial charge in [-0.15, -0.1) is 0 Å². The molecule has 1 atom stereocenters. The van der Waals surface area contributed by atoms with Crippen molar-refractivity contribution in [3.05, 3.63) is 52.5 Å². The molecule has 1 amide bonds. The molecule has 0 N–H and O–H groups in total. The summed E-state index contributed by atoms with van der Waals surface area (Å²) in [5, 5.41) is 8.95. The molecule has 27 heavy (non-hydrogen) atoms. The van der Waals surface area contributed by atoms with Crippen LogP contribution in [0.2, 0.25) is 0 Å². The lowest BCUT2D eigenvalue weighted by atomic mass is 10.2. The Hall–Kier alpha value is -2.52. The molecule has 0 aliphatic heterocycles. The molecule has 0 aromatic heterocycles.